The number of halogens is 2. The number of rotatable bonds is 8. The first-order chi connectivity index (χ1) is 9.00. The van der Waals surface area contributed by atoms with Crippen molar-refractivity contribution in [2.75, 3.05) is 14.2 Å². The van der Waals surface area contributed by atoms with E-state index >= 15 is 0 Å². The van der Waals surface area contributed by atoms with E-state index in [1.54, 1.807) is 0 Å². The van der Waals surface area contributed by atoms with E-state index < -0.39 is 20.4 Å². The van der Waals surface area contributed by atoms with Crippen molar-refractivity contribution in [3.63, 3.8) is 0 Å². The Labute approximate surface area is 113 Å². The summed E-state index contributed by atoms with van der Waals surface area (Å²) in [7, 11) is -0.100. The van der Waals surface area contributed by atoms with Crippen molar-refractivity contribution in [1.29, 1.82) is 0 Å². The zero-order valence-corrected chi connectivity index (χ0v) is 12.3. The summed E-state index contributed by atoms with van der Waals surface area (Å²) in [5, 5.41) is 0. The van der Waals surface area contributed by atoms with Crippen LogP contribution in [0, 0.1) is 11.6 Å². The Morgan fingerprint density at radius 1 is 1.11 bits per heavy atom. The van der Waals surface area contributed by atoms with Gasteiger partial charge in [-0.2, -0.15) is 0 Å². The topological polar surface area (TPSA) is 38.7 Å². The average Bonchev–Trinajstić information content (AvgIpc) is 2.40. The Bertz CT molecular complexity index is 397. The van der Waals surface area contributed by atoms with Gasteiger partial charge >= 0.3 is 8.80 Å². The number of unbranched alkanes of at least 4 members (excludes halogenated alkanes) is 2. The van der Waals surface area contributed by atoms with Crippen molar-refractivity contribution in [2.45, 2.75) is 31.7 Å². The maximum atomic E-state index is 13.3. The summed E-state index contributed by atoms with van der Waals surface area (Å²) in [6.45, 7) is 0. The van der Waals surface area contributed by atoms with Crippen LogP contribution in [0.1, 0.15) is 24.8 Å². The van der Waals surface area contributed by atoms with Crippen molar-refractivity contribution in [1.82, 2.24) is 0 Å². The van der Waals surface area contributed by atoms with E-state index in [-0.39, 0.29) is 0 Å². The molecule has 0 saturated heterocycles. The van der Waals surface area contributed by atoms with Crippen molar-refractivity contribution in [2.24, 2.45) is 0 Å². The summed E-state index contributed by atoms with van der Waals surface area (Å²) in [6, 6.07) is 4.13. The second kappa shape index (κ2) is 7.69. The molecule has 1 rings (SSSR count). The molecule has 0 atom stereocenters. The highest BCUT2D eigenvalue weighted by Crippen LogP contribution is 2.16. The summed E-state index contributed by atoms with van der Waals surface area (Å²) in [4.78, 5) is 9.81. The molecule has 1 aromatic carbocycles. The van der Waals surface area contributed by atoms with Crippen LogP contribution in [0.15, 0.2) is 18.2 Å². The molecule has 108 valence electrons. The molecule has 0 unspecified atom stereocenters. The predicted octanol–water partition coefficient (Wildman–Crippen LogP) is 2.90. The van der Waals surface area contributed by atoms with E-state index in [0.29, 0.717) is 18.0 Å². The SMILES string of the molecule is CO[Si](O)(CCCCCc1ccc(F)cc1F)OC. The Balaban J connectivity index is 2.28. The van der Waals surface area contributed by atoms with E-state index in [0.717, 1.165) is 25.3 Å². The van der Waals surface area contributed by atoms with Gasteiger partial charge < -0.3 is 13.6 Å². The first-order valence-corrected chi connectivity index (χ1v) is 8.24. The van der Waals surface area contributed by atoms with Crippen LogP contribution in [0.5, 0.6) is 0 Å². The summed E-state index contributed by atoms with van der Waals surface area (Å²) >= 11 is 0. The summed E-state index contributed by atoms with van der Waals surface area (Å²) in [5.74, 6) is -1.06. The molecule has 1 N–H and O–H groups in total. The molecule has 0 aliphatic heterocycles. The molecule has 0 aromatic heterocycles. The van der Waals surface area contributed by atoms with E-state index in [1.165, 1.54) is 26.4 Å². The predicted molar refractivity (Wildman–Crippen MR) is 70.7 cm³/mol. The first kappa shape index (κ1) is 16.2. The lowest BCUT2D eigenvalue weighted by Crippen LogP contribution is -2.39. The molecule has 6 heteroatoms. The summed E-state index contributed by atoms with van der Waals surface area (Å²) in [5.41, 5.74) is 0.521. The number of hydrogen-bond acceptors (Lipinski definition) is 3. The summed E-state index contributed by atoms with van der Waals surface area (Å²) < 4.78 is 36.0. The van der Waals surface area contributed by atoms with Crippen molar-refractivity contribution in [3.05, 3.63) is 35.4 Å². The highest BCUT2D eigenvalue weighted by atomic mass is 28.4. The minimum Gasteiger partial charge on any atom is -0.390 e. The lowest BCUT2D eigenvalue weighted by molar-refractivity contribution is 0.150. The Kier molecular flexibility index (Phi) is 6.57. The van der Waals surface area contributed by atoms with Crippen LogP contribution in [-0.2, 0) is 15.3 Å². The smallest absolute Gasteiger partial charge is 0.390 e. The second-order valence-electron chi connectivity index (χ2n) is 4.42. The van der Waals surface area contributed by atoms with Crippen LogP contribution in [0.25, 0.3) is 0 Å². The molecule has 0 amide bonds. The molecule has 19 heavy (non-hydrogen) atoms. The normalized spacial score (nSPS) is 11.8. The highest BCUT2D eigenvalue weighted by Gasteiger charge is 2.33. The molecule has 0 aliphatic rings. The Hall–Kier alpha value is -0.823. The second-order valence-corrected chi connectivity index (χ2v) is 7.16. The molecular weight excluding hydrogens is 270 g/mol. The van der Waals surface area contributed by atoms with Crippen molar-refractivity contribution in [3.8, 4) is 0 Å². The quantitative estimate of drug-likeness (QED) is 0.591. The van der Waals surface area contributed by atoms with Gasteiger partial charge in [0.1, 0.15) is 11.6 Å². The van der Waals surface area contributed by atoms with E-state index in [9.17, 15) is 13.6 Å². The fourth-order valence-corrected chi connectivity index (χ4v) is 3.12. The Morgan fingerprint density at radius 3 is 2.37 bits per heavy atom. The largest absolute Gasteiger partial charge is 0.497 e. The molecule has 0 aliphatic carbocycles. The number of hydrogen-bond donors (Lipinski definition) is 1. The van der Waals surface area contributed by atoms with Crippen LogP contribution in [0.3, 0.4) is 0 Å². The van der Waals surface area contributed by atoms with Gasteiger partial charge in [0, 0.05) is 26.3 Å². The van der Waals surface area contributed by atoms with Gasteiger partial charge in [-0.1, -0.05) is 12.5 Å². The van der Waals surface area contributed by atoms with Gasteiger partial charge in [-0.15, -0.1) is 0 Å². The zero-order chi connectivity index (χ0) is 14.3. The van der Waals surface area contributed by atoms with Crippen LogP contribution >= 0.6 is 0 Å². The van der Waals surface area contributed by atoms with Crippen LogP contribution in [0.2, 0.25) is 6.04 Å². The van der Waals surface area contributed by atoms with Gasteiger partial charge in [-0.05, 0) is 30.9 Å². The molecule has 3 nitrogen and oxygen atoms in total. The van der Waals surface area contributed by atoms with Crippen LogP contribution in [-0.4, -0.2) is 27.8 Å². The molecule has 0 radical (unpaired) electrons. The molecule has 0 saturated carbocycles. The minimum atomic E-state index is -2.97. The molecule has 1 aromatic rings. The lowest BCUT2D eigenvalue weighted by atomic mass is 10.1. The zero-order valence-electron chi connectivity index (χ0n) is 11.3. The maximum absolute atomic E-state index is 13.3. The average molecular weight is 290 g/mol. The first-order valence-electron chi connectivity index (χ1n) is 6.27. The van der Waals surface area contributed by atoms with E-state index in [4.69, 9.17) is 8.85 Å². The van der Waals surface area contributed by atoms with Crippen LogP contribution in [0.4, 0.5) is 8.78 Å². The van der Waals surface area contributed by atoms with Gasteiger partial charge in [-0.25, -0.2) is 8.78 Å². The number of benzene rings is 1. The highest BCUT2D eigenvalue weighted by molar-refractivity contribution is 6.59. The maximum Gasteiger partial charge on any atom is 0.497 e. The van der Waals surface area contributed by atoms with Gasteiger partial charge in [0.2, 0.25) is 0 Å². The molecule has 0 spiro atoms. The van der Waals surface area contributed by atoms with E-state index in [1.807, 2.05) is 0 Å². The third-order valence-corrected chi connectivity index (χ3v) is 5.35. The summed E-state index contributed by atoms with van der Waals surface area (Å²) in [6.07, 6.45) is 2.93. The third-order valence-electron chi connectivity index (χ3n) is 3.09. The van der Waals surface area contributed by atoms with Gasteiger partial charge in [0.05, 0.1) is 0 Å². The van der Waals surface area contributed by atoms with Gasteiger partial charge in [-0.3, -0.25) is 0 Å². The van der Waals surface area contributed by atoms with Gasteiger partial charge in [0.15, 0.2) is 0 Å². The fourth-order valence-electron chi connectivity index (χ4n) is 1.85. The molecular formula is C13H20F2O3Si. The third kappa shape index (κ3) is 5.36. The molecule has 0 fully saturated rings. The Morgan fingerprint density at radius 2 is 1.79 bits per heavy atom. The lowest BCUT2D eigenvalue weighted by Gasteiger charge is -2.19. The molecule has 0 heterocycles. The minimum absolute atomic E-state index is 0.492. The fraction of sp³-hybridized carbons (Fsp3) is 0.538. The van der Waals surface area contributed by atoms with Crippen molar-refractivity contribution < 1.29 is 22.4 Å². The van der Waals surface area contributed by atoms with Gasteiger partial charge in [0.25, 0.3) is 0 Å². The van der Waals surface area contributed by atoms with Crippen LogP contribution < -0.4 is 0 Å². The standard InChI is InChI=1S/C13H20F2O3Si/c1-17-19(16,18-2)9-5-3-4-6-11-7-8-12(14)10-13(11)15/h7-8,10,16H,3-6,9H2,1-2H3. The monoisotopic (exact) mass is 290 g/mol. The van der Waals surface area contributed by atoms with E-state index in [2.05, 4.69) is 0 Å². The number of aryl methyl sites for hydroxylation is 1. The molecule has 0 bridgehead atoms. The van der Waals surface area contributed by atoms with Crippen molar-refractivity contribution >= 4 is 8.80 Å².